The largest absolute Gasteiger partial charge is 0.481 e. The summed E-state index contributed by atoms with van der Waals surface area (Å²) in [7, 11) is 1.54. The molecule has 12 nitrogen and oxygen atoms in total. The minimum atomic E-state index is -4.87. The Morgan fingerprint density at radius 3 is 2.48 bits per heavy atom. The summed E-state index contributed by atoms with van der Waals surface area (Å²) in [5, 5.41) is 28.2. The van der Waals surface area contributed by atoms with E-state index in [1.165, 1.54) is 0 Å². The standard InChI is InChI=1S/C40H38ClF3N6O6/c1-54-35-22(19-46-21-24-9-13-33(51)48-24)8-11-31(49-35)29-7-3-6-28(34(29)41)25-4-2-5-27-26(25)10-12-32(27)56-37-30(40(42,43)44)18-23(36(50-37)55-17-16-45)20-47-39(14-15-39)38(52)53/h2-8,11,18,24,32,46-47H,9-10,12-15,17,19-21H2,1H3,(H,48,51)(H,52,53)/t24-,32-/m0/s1. The Labute approximate surface area is 325 Å². The summed E-state index contributed by atoms with van der Waals surface area (Å²) < 4.78 is 60.7. The van der Waals surface area contributed by atoms with Crippen molar-refractivity contribution in [1.29, 1.82) is 5.26 Å². The van der Waals surface area contributed by atoms with Crippen molar-refractivity contribution in [1.82, 2.24) is 25.9 Å². The van der Waals surface area contributed by atoms with Gasteiger partial charge in [-0.3, -0.25) is 14.9 Å². The van der Waals surface area contributed by atoms with Crippen LogP contribution >= 0.6 is 11.6 Å². The van der Waals surface area contributed by atoms with Crippen LogP contribution in [0.3, 0.4) is 0 Å². The number of nitrogens with zero attached hydrogens (tertiary/aromatic N) is 3. The van der Waals surface area contributed by atoms with Crippen LogP contribution in [0.25, 0.3) is 22.4 Å². The second-order valence-electron chi connectivity index (χ2n) is 14.0. The lowest BCUT2D eigenvalue weighted by atomic mass is 9.94. The van der Waals surface area contributed by atoms with Gasteiger partial charge >= 0.3 is 12.1 Å². The smallest absolute Gasteiger partial charge is 0.421 e. The number of alkyl halides is 3. The number of amides is 1. The number of ether oxygens (including phenoxy) is 3. The van der Waals surface area contributed by atoms with Crippen LogP contribution in [-0.4, -0.2) is 58.8 Å². The van der Waals surface area contributed by atoms with E-state index in [1.807, 2.05) is 36.4 Å². The first-order valence-electron chi connectivity index (χ1n) is 18.1. The number of benzene rings is 2. The van der Waals surface area contributed by atoms with E-state index in [9.17, 15) is 27.9 Å². The number of pyridine rings is 2. The molecule has 3 heterocycles. The number of carboxylic acid groups (broad SMARTS) is 1. The zero-order valence-corrected chi connectivity index (χ0v) is 31.0. The summed E-state index contributed by atoms with van der Waals surface area (Å²) in [5.74, 6) is -1.58. The Hall–Kier alpha value is -5.43. The molecular formula is C40H38ClF3N6O6. The first-order valence-corrected chi connectivity index (χ1v) is 18.5. The number of hydrogen-bond donors (Lipinski definition) is 4. The molecule has 0 spiro atoms. The molecule has 1 aliphatic heterocycles. The van der Waals surface area contributed by atoms with Crippen LogP contribution in [0, 0.1) is 11.3 Å². The minimum absolute atomic E-state index is 0.0508. The lowest BCUT2D eigenvalue weighted by Gasteiger charge is -2.21. The Morgan fingerprint density at radius 2 is 1.79 bits per heavy atom. The topological polar surface area (TPSA) is 168 Å². The van der Waals surface area contributed by atoms with E-state index >= 15 is 0 Å². The van der Waals surface area contributed by atoms with Crippen molar-refractivity contribution in [3.63, 3.8) is 0 Å². The number of hydrogen-bond acceptors (Lipinski definition) is 10. The molecule has 4 N–H and O–H groups in total. The van der Waals surface area contributed by atoms with Gasteiger partial charge in [-0.05, 0) is 60.9 Å². The zero-order valence-electron chi connectivity index (χ0n) is 30.3. The molecule has 16 heteroatoms. The van der Waals surface area contributed by atoms with Gasteiger partial charge in [0.1, 0.15) is 23.3 Å². The quantitative estimate of drug-likeness (QED) is 0.103. The maximum atomic E-state index is 14.5. The predicted octanol–water partition coefficient (Wildman–Crippen LogP) is 6.54. The van der Waals surface area contributed by atoms with Crippen LogP contribution in [0.4, 0.5) is 13.2 Å². The maximum Gasteiger partial charge on any atom is 0.421 e. The number of carbonyl (C=O) groups is 2. The highest BCUT2D eigenvalue weighted by Crippen LogP contribution is 2.46. The fraction of sp³-hybridized carbons (Fsp3) is 0.375. The molecule has 2 fully saturated rings. The molecule has 56 heavy (non-hydrogen) atoms. The molecule has 3 aliphatic rings. The highest BCUT2D eigenvalue weighted by molar-refractivity contribution is 6.36. The maximum absolute atomic E-state index is 14.5. The van der Waals surface area contributed by atoms with Gasteiger partial charge in [-0.2, -0.15) is 23.4 Å². The number of nitriles is 1. The number of fused-ring (bicyclic) bond motifs is 1. The molecular weight excluding hydrogens is 753 g/mol. The normalized spacial score (nSPS) is 18.2. The van der Waals surface area contributed by atoms with Gasteiger partial charge in [-0.1, -0.05) is 54.1 Å². The number of aromatic nitrogens is 2. The van der Waals surface area contributed by atoms with Gasteiger partial charge < -0.3 is 30.0 Å². The number of halogens is 4. The number of carboxylic acids is 1. The van der Waals surface area contributed by atoms with Crippen LogP contribution in [-0.2, 0) is 35.3 Å². The first-order chi connectivity index (χ1) is 26.9. The van der Waals surface area contributed by atoms with E-state index < -0.39 is 41.8 Å². The second kappa shape index (κ2) is 16.0. The Balaban J connectivity index is 1.14. The average Bonchev–Trinajstić information content (AvgIpc) is 3.71. The van der Waals surface area contributed by atoms with Crippen molar-refractivity contribution in [2.45, 2.75) is 75.5 Å². The van der Waals surface area contributed by atoms with Crippen LogP contribution in [0.5, 0.6) is 17.6 Å². The number of carbonyl (C=O) groups excluding carboxylic acids is 1. The van der Waals surface area contributed by atoms with Gasteiger partial charge in [-0.15, -0.1) is 0 Å². The van der Waals surface area contributed by atoms with Crippen LogP contribution in [0.15, 0.2) is 54.6 Å². The lowest BCUT2D eigenvalue weighted by Crippen LogP contribution is -2.38. The molecule has 292 valence electrons. The Kier molecular flexibility index (Phi) is 11.1. The van der Waals surface area contributed by atoms with Gasteiger partial charge in [-0.25, -0.2) is 4.98 Å². The fourth-order valence-electron chi connectivity index (χ4n) is 7.23. The van der Waals surface area contributed by atoms with E-state index in [0.29, 0.717) is 78.5 Å². The molecule has 2 aromatic carbocycles. The zero-order chi connectivity index (χ0) is 39.6. The summed E-state index contributed by atoms with van der Waals surface area (Å²) in [4.78, 5) is 32.1. The molecule has 1 amide bonds. The Bertz CT molecular complexity index is 2210. The number of rotatable bonds is 15. The van der Waals surface area contributed by atoms with Crippen molar-refractivity contribution in [2.75, 3.05) is 20.3 Å². The van der Waals surface area contributed by atoms with Crippen LogP contribution in [0.1, 0.15) is 66.0 Å². The number of nitrogens with one attached hydrogen (secondary N) is 3. The lowest BCUT2D eigenvalue weighted by molar-refractivity contribution is -0.141. The third-order valence-electron chi connectivity index (χ3n) is 10.3. The SMILES string of the molecule is COc1nc(-c2cccc(-c3cccc4c3CC[C@@H]4Oc3nc(OCC#N)c(CNC4(C(=O)O)CC4)cc3C(F)(F)F)c2Cl)ccc1CNC[C@@H]1CCC(=O)N1. The monoisotopic (exact) mass is 790 g/mol. The molecule has 1 saturated heterocycles. The van der Waals surface area contributed by atoms with Crippen LogP contribution < -0.4 is 30.2 Å². The summed E-state index contributed by atoms with van der Waals surface area (Å²) in [6, 6.07) is 17.6. The van der Waals surface area contributed by atoms with Crippen molar-refractivity contribution >= 4 is 23.5 Å². The van der Waals surface area contributed by atoms with Gasteiger partial charge in [0, 0.05) is 54.4 Å². The predicted molar refractivity (Wildman–Crippen MR) is 198 cm³/mol. The first kappa shape index (κ1) is 38.8. The van der Waals surface area contributed by atoms with E-state index in [1.54, 1.807) is 25.3 Å². The third kappa shape index (κ3) is 8.09. The van der Waals surface area contributed by atoms with Crippen LogP contribution in [0.2, 0.25) is 5.02 Å². The van der Waals surface area contributed by atoms with Gasteiger partial charge in [0.25, 0.3) is 0 Å². The van der Waals surface area contributed by atoms with Crippen molar-refractivity contribution < 1.29 is 42.1 Å². The molecule has 0 radical (unpaired) electrons. The molecule has 7 rings (SSSR count). The van der Waals surface area contributed by atoms with Gasteiger partial charge in [0.05, 0.1) is 17.8 Å². The summed E-state index contributed by atoms with van der Waals surface area (Å²) in [5.41, 5.74) is 2.70. The van der Waals surface area contributed by atoms with E-state index in [2.05, 4.69) is 20.9 Å². The summed E-state index contributed by atoms with van der Waals surface area (Å²) >= 11 is 7.10. The fourth-order valence-corrected chi connectivity index (χ4v) is 7.55. The molecule has 2 aromatic heterocycles. The second-order valence-corrected chi connectivity index (χ2v) is 14.4. The minimum Gasteiger partial charge on any atom is -0.481 e. The van der Waals surface area contributed by atoms with Gasteiger partial charge in [0.15, 0.2) is 6.61 Å². The number of aliphatic carboxylic acids is 1. The number of methoxy groups -OCH3 is 1. The van der Waals surface area contributed by atoms with Gasteiger partial charge in [0.2, 0.25) is 23.5 Å². The Morgan fingerprint density at radius 1 is 1.02 bits per heavy atom. The molecule has 0 unspecified atom stereocenters. The van der Waals surface area contributed by atoms with Crippen molar-refractivity contribution in [3.05, 3.63) is 87.4 Å². The molecule has 4 aromatic rings. The van der Waals surface area contributed by atoms with E-state index in [-0.39, 0.29) is 29.9 Å². The molecule has 0 bridgehead atoms. The average molecular weight is 791 g/mol. The van der Waals surface area contributed by atoms with E-state index in [4.69, 9.17) is 36.1 Å². The summed E-state index contributed by atoms with van der Waals surface area (Å²) in [6.45, 7) is 0.344. The van der Waals surface area contributed by atoms with Crippen molar-refractivity contribution in [3.8, 4) is 46.1 Å². The summed E-state index contributed by atoms with van der Waals surface area (Å²) in [6.07, 6.45) is -2.86. The van der Waals surface area contributed by atoms with Crippen molar-refractivity contribution in [2.24, 2.45) is 0 Å². The van der Waals surface area contributed by atoms with E-state index in [0.717, 1.165) is 29.2 Å². The third-order valence-corrected chi connectivity index (χ3v) is 10.7. The molecule has 1 saturated carbocycles. The molecule has 2 atom stereocenters. The highest BCUT2D eigenvalue weighted by atomic mass is 35.5. The molecule has 2 aliphatic carbocycles. The highest BCUT2D eigenvalue weighted by Gasteiger charge is 2.50.